The van der Waals surface area contributed by atoms with Crippen LogP contribution >= 0.6 is 0 Å². The lowest BCUT2D eigenvalue weighted by Gasteiger charge is -2.14. The lowest BCUT2D eigenvalue weighted by molar-refractivity contribution is 0.0758. The van der Waals surface area contributed by atoms with E-state index in [2.05, 4.69) is 5.32 Å². The van der Waals surface area contributed by atoms with Crippen LogP contribution in [0.2, 0.25) is 0 Å². The number of carbonyl (C=O) groups is 1. The first kappa shape index (κ1) is 14.2. The number of methoxy groups -OCH3 is 1. The molecule has 1 atom stereocenters. The van der Waals surface area contributed by atoms with Gasteiger partial charge in [-0.2, -0.15) is 0 Å². The minimum atomic E-state index is -0.427. The van der Waals surface area contributed by atoms with Crippen molar-refractivity contribution in [3.8, 4) is 11.5 Å². The molecule has 0 spiro atoms. The molecule has 0 heterocycles. The van der Waals surface area contributed by atoms with Gasteiger partial charge in [0.2, 0.25) is 0 Å². The molecule has 1 rings (SSSR count). The maximum atomic E-state index is 11.1. The van der Waals surface area contributed by atoms with Gasteiger partial charge in [-0.3, -0.25) is 0 Å². The van der Waals surface area contributed by atoms with E-state index in [4.69, 9.17) is 14.2 Å². The summed E-state index contributed by atoms with van der Waals surface area (Å²) < 4.78 is 15.6. The van der Waals surface area contributed by atoms with E-state index in [-0.39, 0.29) is 6.10 Å². The second-order valence-corrected chi connectivity index (χ2v) is 3.73. The van der Waals surface area contributed by atoms with E-state index in [0.717, 1.165) is 5.75 Å². The molecule has 1 aromatic carbocycles. The first-order valence-corrected chi connectivity index (χ1v) is 5.87. The topological polar surface area (TPSA) is 56.8 Å². The van der Waals surface area contributed by atoms with Crippen molar-refractivity contribution in [1.29, 1.82) is 0 Å². The Balaban J connectivity index is 2.32. The van der Waals surface area contributed by atoms with Crippen LogP contribution in [0, 0.1) is 0 Å². The molecular weight excluding hydrogens is 234 g/mol. The first-order chi connectivity index (χ1) is 8.65. The Morgan fingerprint density at radius 2 is 1.89 bits per heavy atom. The summed E-state index contributed by atoms with van der Waals surface area (Å²) in [6.07, 6.45) is -0.734. The van der Waals surface area contributed by atoms with Crippen molar-refractivity contribution in [2.24, 2.45) is 0 Å². The van der Waals surface area contributed by atoms with Gasteiger partial charge in [0.25, 0.3) is 0 Å². The molecule has 0 aliphatic carbocycles. The van der Waals surface area contributed by atoms with E-state index in [1.54, 1.807) is 26.2 Å². The molecule has 0 saturated carbocycles. The van der Waals surface area contributed by atoms with Crippen molar-refractivity contribution < 1.29 is 19.0 Å². The van der Waals surface area contributed by atoms with Crippen LogP contribution in [0.5, 0.6) is 11.5 Å². The molecule has 1 amide bonds. The second kappa shape index (κ2) is 7.42. The zero-order valence-electron chi connectivity index (χ0n) is 10.9. The summed E-state index contributed by atoms with van der Waals surface area (Å²) in [5, 5.41) is 2.56. The molecule has 0 radical (unpaired) electrons. The van der Waals surface area contributed by atoms with Crippen LogP contribution in [-0.2, 0) is 4.74 Å². The van der Waals surface area contributed by atoms with E-state index in [1.807, 2.05) is 19.1 Å². The third-order valence-electron chi connectivity index (χ3n) is 2.17. The summed E-state index contributed by atoms with van der Waals surface area (Å²) in [4.78, 5) is 11.1. The standard InChI is InChI=1S/C13H19NO4/c1-4-14-13(15)18-10(2)9-17-12-7-5-11(16-3)6-8-12/h5-8,10H,4,9H2,1-3H3,(H,14,15)/t10-/m0/s1. The van der Waals surface area contributed by atoms with Crippen molar-refractivity contribution in [1.82, 2.24) is 5.32 Å². The number of carbonyl (C=O) groups excluding carboxylic acids is 1. The Morgan fingerprint density at radius 1 is 1.28 bits per heavy atom. The summed E-state index contributed by atoms with van der Waals surface area (Å²) in [5.74, 6) is 1.48. The van der Waals surface area contributed by atoms with Crippen LogP contribution in [0.1, 0.15) is 13.8 Å². The van der Waals surface area contributed by atoms with Gasteiger partial charge < -0.3 is 19.5 Å². The smallest absolute Gasteiger partial charge is 0.407 e. The zero-order valence-corrected chi connectivity index (χ0v) is 10.9. The Morgan fingerprint density at radius 3 is 2.44 bits per heavy atom. The maximum absolute atomic E-state index is 11.1. The van der Waals surface area contributed by atoms with Gasteiger partial charge >= 0.3 is 6.09 Å². The quantitative estimate of drug-likeness (QED) is 0.844. The average molecular weight is 253 g/mol. The van der Waals surface area contributed by atoms with Crippen LogP contribution in [0.3, 0.4) is 0 Å². The summed E-state index contributed by atoms with van der Waals surface area (Å²) in [6.45, 7) is 4.47. The van der Waals surface area contributed by atoms with Crippen LogP contribution in [0.4, 0.5) is 4.79 Å². The fourth-order valence-corrected chi connectivity index (χ4v) is 1.29. The van der Waals surface area contributed by atoms with E-state index < -0.39 is 6.09 Å². The fraction of sp³-hybridized carbons (Fsp3) is 0.462. The van der Waals surface area contributed by atoms with Crippen molar-refractivity contribution in [3.05, 3.63) is 24.3 Å². The van der Waals surface area contributed by atoms with Crippen molar-refractivity contribution in [2.45, 2.75) is 20.0 Å². The summed E-state index contributed by atoms with van der Waals surface area (Å²) in [7, 11) is 1.61. The SMILES string of the molecule is CCNC(=O)O[C@@H](C)COc1ccc(OC)cc1. The predicted octanol–water partition coefficient (Wildman–Crippen LogP) is 2.21. The molecule has 0 aliphatic heterocycles. The molecule has 0 fully saturated rings. The highest BCUT2D eigenvalue weighted by Gasteiger charge is 2.08. The van der Waals surface area contributed by atoms with Gasteiger partial charge in [-0.15, -0.1) is 0 Å². The lowest BCUT2D eigenvalue weighted by atomic mass is 10.3. The molecule has 1 N–H and O–H groups in total. The number of benzene rings is 1. The predicted molar refractivity (Wildman–Crippen MR) is 68.1 cm³/mol. The molecular formula is C13H19NO4. The Kier molecular flexibility index (Phi) is 5.84. The van der Waals surface area contributed by atoms with Gasteiger partial charge in [-0.1, -0.05) is 0 Å². The van der Waals surface area contributed by atoms with Gasteiger partial charge in [0.05, 0.1) is 7.11 Å². The fourth-order valence-electron chi connectivity index (χ4n) is 1.29. The van der Waals surface area contributed by atoms with Gasteiger partial charge in [0.1, 0.15) is 24.2 Å². The average Bonchev–Trinajstić information content (AvgIpc) is 2.37. The second-order valence-electron chi connectivity index (χ2n) is 3.73. The number of rotatable bonds is 6. The molecule has 5 nitrogen and oxygen atoms in total. The normalized spacial score (nSPS) is 11.5. The first-order valence-electron chi connectivity index (χ1n) is 5.87. The molecule has 18 heavy (non-hydrogen) atoms. The van der Waals surface area contributed by atoms with E-state index >= 15 is 0 Å². The number of ether oxygens (including phenoxy) is 3. The summed E-state index contributed by atoms with van der Waals surface area (Å²) in [5.41, 5.74) is 0. The number of alkyl carbamates (subject to hydrolysis) is 1. The van der Waals surface area contributed by atoms with Gasteiger partial charge in [-0.05, 0) is 38.1 Å². The largest absolute Gasteiger partial charge is 0.497 e. The highest BCUT2D eigenvalue weighted by molar-refractivity contribution is 5.67. The van der Waals surface area contributed by atoms with Crippen LogP contribution < -0.4 is 14.8 Å². The lowest BCUT2D eigenvalue weighted by Crippen LogP contribution is -2.30. The third-order valence-corrected chi connectivity index (χ3v) is 2.17. The van der Waals surface area contributed by atoms with E-state index in [1.165, 1.54) is 0 Å². The van der Waals surface area contributed by atoms with Gasteiger partial charge in [0, 0.05) is 6.54 Å². The van der Waals surface area contributed by atoms with Crippen LogP contribution in [0.25, 0.3) is 0 Å². The van der Waals surface area contributed by atoms with Crippen LogP contribution in [-0.4, -0.2) is 32.5 Å². The monoisotopic (exact) mass is 253 g/mol. The molecule has 0 aromatic heterocycles. The molecule has 0 unspecified atom stereocenters. The van der Waals surface area contributed by atoms with E-state index in [9.17, 15) is 4.79 Å². The van der Waals surface area contributed by atoms with Crippen molar-refractivity contribution in [3.63, 3.8) is 0 Å². The molecule has 100 valence electrons. The molecule has 0 saturated heterocycles. The minimum Gasteiger partial charge on any atom is -0.497 e. The Hall–Kier alpha value is -1.91. The Bertz CT molecular complexity index is 364. The summed E-state index contributed by atoms with van der Waals surface area (Å²) >= 11 is 0. The molecule has 1 aromatic rings. The highest BCUT2D eigenvalue weighted by Crippen LogP contribution is 2.17. The molecule has 5 heteroatoms. The number of nitrogens with one attached hydrogen (secondary N) is 1. The van der Waals surface area contributed by atoms with Gasteiger partial charge in [0.15, 0.2) is 0 Å². The number of hydrogen-bond acceptors (Lipinski definition) is 4. The molecule has 0 bridgehead atoms. The third kappa shape index (κ3) is 4.95. The maximum Gasteiger partial charge on any atom is 0.407 e. The molecule has 0 aliphatic rings. The highest BCUT2D eigenvalue weighted by atomic mass is 16.6. The minimum absolute atomic E-state index is 0.307. The van der Waals surface area contributed by atoms with Crippen molar-refractivity contribution >= 4 is 6.09 Å². The number of amides is 1. The van der Waals surface area contributed by atoms with Crippen molar-refractivity contribution in [2.75, 3.05) is 20.3 Å². The van der Waals surface area contributed by atoms with Gasteiger partial charge in [-0.25, -0.2) is 4.79 Å². The summed E-state index contributed by atoms with van der Waals surface area (Å²) in [6, 6.07) is 7.23. The Labute approximate surface area is 107 Å². The van der Waals surface area contributed by atoms with E-state index in [0.29, 0.717) is 18.9 Å². The zero-order chi connectivity index (χ0) is 13.4. The number of hydrogen-bond donors (Lipinski definition) is 1. The van der Waals surface area contributed by atoms with Crippen LogP contribution in [0.15, 0.2) is 24.3 Å².